The maximum atomic E-state index is 12.1. The summed E-state index contributed by atoms with van der Waals surface area (Å²) in [5, 5.41) is 12.1. The number of aliphatic carboxylic acids is 1. The molecule has 4 heteroatoms. The molecule has 0 saturated heterocycles. The van der Waals surface area contributed by atoms with Crippen LogP contribution in [0.3, 0.4) is 0 Å². The lowest BCUT2D eigenvalue weighted by molar-refractivity contribution is -0.146. The summed E-state index contributed by atoms with van der Waals surface area (Å²) in [7, 11) is 0. The van der Waals surface area contributed by atoms with Gasteiger partial charge in [-0.25, -0.2) is 0 Å². The summed E-state index contributed by atoms with van der Waals surface area (Å²) in [6.45, 7) is 2.74. The van der Waals surface area contributed by atoms with Gasteiger partial charge in [0.1, 0.15) is 0 Å². The van der Waals surface area contributed by atoms with Gasteiger partial charge in [-0.15, -0.1) is 0 Å². The van der Waals surface area contributed by atoms with E-state index >= 15 is 0 Å². The third-order valence-corrected chi connectivity index (χ3v) is 4.78. The minimum atomic E-state index is -0.819. The third kappa shape index (κ3) is 3.71. The highest BCUT2D eigenvalue weighted by Crippen LogP contribution is 2.36. The van der Waals surface area contributed by atoms with E-state index in [1.165, 1.54) is 25.7 Å². The number of carbonyl (C=O) groups excluding carboxylic acids is 1. The van der Waals surface area contributed by atoms with E-state index in [1.54, 1.807) is 0 Å². The van der Waals surface area contributed by atoms with Crippen molar-refractivity contribution in [3.63, 3.8) is 0 Å². The zero-order chi connectivity index (χ0) is 13.8. The second kappa shape index (κ2) is 6.40. The van der Waals surface area contributed by atoms with Gasteiger partial charge in [0.05, 0.1) is 11.8 Å². The fraction of sp³-hybridized carbons (Fsp3) is 0.867. The summed E-state index contributed by atoms with van der Waals surface area (Å²) in [5.74, 6) is -0.572. The van der Waals surface area contributed by atoms with Gasteiger partial charge in [-0.05, 0) is 31.1 Å². The summed E-state index contributed by atoms with van der Waals surface area (Å²) in [6, 6.07) is 0. The van der Waals surface area contributed by atoms with Crippen molar-refractivity contribution >= 4 is 11.9 Å². The lowest BCUT2D eigenvalue weighted by Gasteiger charge is -2.16. The predicted octanol–water partition coefficient (Wildman–Crippen LogP) is 2.43. The number of hydrogen-bond donors (Lipinski definition) is 2. The third-order valence-electron chi connectivity index (χ3n) is 4.78. The molecule has 0 radical (unpaired) electrons. The molecule has 2 aliphatic carbocycles. The lowest BCUT2D eigenvalue weighted by atomic mass is 9.95. The predicted molar refractivity (Wildman–Crippen MR) is 72.6 cm³/mol. The van der Waals surface area contributed by atoms with Gasteiger partial charge in [-0.3, -0.25) is 9.59 Å². The standard InChI is InChI=1S/C15H25NO3/c1-10-8-12(13(9-10)15(18)19)14(17)16-7-6-11-4-2-3-5-11/h10-13H,2-9H2,1H3,(H,16,17)(H,18,19). The van der Waals surface area contributed by atoms with Crippen LogP contribution in [0.2, 0.25) is 0 Å². The maximum Gasteiger partial charge on any atom is 0.307 e. The molecule has 19 heavy (non-hydrogen) atoms. The Balaban J connectivity index is 1.76. The van der Waals surface area contributed by atoms with E-state index in [0.29, 0.717) is 25.3 Å². The average Bonchev–Trinajstić information content (AvgIpc) is 2.98. The van der Waals surface area contributed by atoms with Crippen molar-refractivity contribution in [3.8, 4) is 0 Å². The highest BCUT2D eigenvalue weighted by Gasteiger charge is 2.40. The quantitative estimate of drug-likeness (QED) is 0.804. The first-order chi connectivity index (χ1) is 9.08. The van der Waals surface area contributed by atoms with Gasteiger partial charge in [0.15, 0.2) is 0 Å². The number of carboxylic acid groups (broad SMARTS) is 1. The second-order valence-electron chi connectivity index (χ2n) is 6.36. The van der Waals surface area contributed by atoms with Crippen molar-refractivity contribution < 1.29 is 14.7 Å². The number of nitrogens with one attached hydrogen (secondary N) is 1. The van der Waals surface area contributed by atoms with Crippen molar-refractivity contribution in [2.45, 2.75) is 51.9 Å². The number of rotatable bonds is 5. The van der Waals surface area contributed by atoms with E-state index in [1.807, 2.05) is 6.92 Å². The van der Waals surface area contributed by atoms with E-state index < -0.39 is 11.9 Å². The normalized spacial score (nSPS) is 31.5. The van der Waals surface area contributed by atoms with Crippen LogP contribution < -0.4 is 5.32 Å². The van der Waals surface area contributed by atoms with Gasteiger partial charge in [-0.2, -0.15) is 0 Å². The number of carbonyl (C=O) groups is 2. The number of amides is 1. The Labute approximate surface area is 115 Å². The molecule has 0 heterocycles. The monoisotopic (exact) mass is 267 g/mol. The molecule has 3 unspecified atom stereocenters. The summed E-state index contributed by atoms with van der Waals surface area (Å²) in [5.41, 5.74) is 0. The van der Waals surface area contributed by atoms with Crippen LogP contribution in [0.4, 0.5) is 0 Å². The highest BCUT2D eigenvalue weighted by molar-refractivity contribution is 5.85. The molecule has 0 aromatic heterocycles. The molecule has 2 saturated carbocycles. The fourth-order valence-electron chi connectivity index (χ4n) is 3.68. The molecule has 108 valence electrons. The van der Waals surface area contributed by atoms with Gasteiger partial charge in [0, 0.05) is 6.54 Å². The van der Waals surface area contributed by atoms with Crippen LogP contribution in [-0.4, -0.2) is 23.5 Å². The minimum Gasteiger partial charge on any atom is -0.481 e. The summed E-state index contributed by atoms with van der Waals surface area (Å²) in [6.07, 6.45) is 7.61. The molecule has 2 fully saturated rings. The molecular formula is C15H25NO3. The van der Waals surface area contributed by atoms with Crippen LogP contribution in [0, 0.1) is 23.7 Å². The van der Waals surface area contributed by atoms with E-state index in [-0.39, 0.29) is 11.8 Å². The zero-order valence-corrected chi connectivity index (χ0v) is 11.7. The van der Waals surface area contributed by atoms with E-state index in [4.69, 9.17) is 5.11 Å². The molecule has 0 aliphatic heterocycles. The first kappa shape index (κ1) is 14.4. The van der Waals surface area contributed by atoms with Crippen LogP contribution in [0.15, 0.2) is 0 Å². The Bertz CT molecular complexity index is 336. The molecule has 0 aromatic rings. The second-order valence-corrected chi connectivity index (χ2v) is 6.36. The van der Waals surface area contributed by atoms with E-state index in [9.17, 15) is 9.59 Å². The van der Waals surface area contributed by atoms with Crippen molar-refractivity contribution in [3.05, 3.63) is 0 Å². The van der Waals surface area contributed by atoms with Crippen LogP contribution in [0.25, 0.3) is 0 Å². The van der Waals surface area contributed by atoms with Gasteiger partial charge in [0.25, 0.3) is 0 Å². The Morgan fingerprint density at radius 3 is 2.42 bits per heavy atom. The van der Waals surface area contributed by atoms with Gasteiger partial charge in [-0.1, -0.05) is 32.6 Å². The van der Waals surface area contributed by atoms with Crippen molar-refractivity contribution in [2.24, 2.45) is 23.7 Å². The number of carboxylic acids is 1. The molecule has 2 N–H and O–H groups in total. The van der Waals surface area contributed by atoms with Gasteiger partial charge < -0.3 is 10.4 Å². The summed E-state index contributed by atoms with van der Waals surface area (Å²) < 4.78 is 0. The van der Waals surface area contributed by atoms with Crippen LogP contribution in [0.1, 0.15) is 51.9 Å². The first-order valence-electron chi connectivity index (χ1n) is 7.58. The molecular weight excluding hydrogens is 242 g/mol. The SMILES string of the molecule is CC1CC(C(=O)O)C(C(=O)NCCC2CCCC2)C1. The summed E-state index contributed by atoms with van der Waals surface area (Å²) in [4.78, 5) is 23.3. The van der Waals surface area contributed by atoms with Gasteiger partial charge >= 0.3 is 5.97 Å². The van der Waals surface area contributed by atoms with Crippen molar-refractivity contribution in [2.75, 3.05) is 6.54 Å². The Hall–Kier alpha value is -1.06. The fourth-order valence-corrected chi connectivity index (χ4v) is 3.68. The molecule has 1 amide bonds. The van der Waals surface area contributed by atoms with Crippen molar-refractivity contribution in [1.82, 2.24) is 5.32 Å². The first-order valence-corrected chi connectivity index (χ1v) is 7.58. The topological polar surface area (TPSA) is 66.4 Å². The van der Waals surface area contributed by atoms with Crippen molar-refractivity contribution in [1.29, 1.82) is 0 Å². The molecule has 3 atom stereocenters. The minimum absolute atomic E-state index is 0.0465. The molecule has 2 rings (SSSR count). The Kier molecular flexibility index (Phi) is 4.83. The molecule has 0 aromatic carbocycles. The Morgan fingerprint density at radius 2 is 1.79 bits per heavy atom. The van der Waals surface area contributed by atoms with E-state index in [0.717, 1.165) is 12.3 Å². The largest absolute Gasteiger partial charge is 0.481 e. The van der Waals surface area contributed by atoms with Crippen LogP contribution in [-0.2, 0) is 9.59 Å². The lowest BCUT2D eigenvalue weighted by Crippen LogP contribution is -2.36. The molecule has 0 spiro atoms. The molecule has 0 bridgehead atoms. The average molecular weight is 267 g/mol. The summed E-state index contributed by atoms with van der Waals surface area (Å²) >= 11 is 0. The van der Waals surface area contributed by atoms with Crippen LogP contribution in [0.5, 0.6) is 0 Å². The number of hydrogen-bond acceptors (Lipinski definition) is 2. The zero-order valence-electron chi connectivity index (χ0n) is 11.7. The van der Waals surface area contributed by atoms with Crippen LogP contribution >= 0.6 is 0 Å². The maximum absolute atomic E-state index is 12.1. The highest BCUT2D eigenvalue weighted by atomic mass is 16.4. The Morgan fingerprint density at radius 1 is 1.16 bits per heavy atom. The van der Waals surface area contributed by atoms with E-state index in [2.05, 4.69) is 5.32 Å². The molecule has 2 aliphatic rings. The smallest absolute Gasteiger partial charge is 0.307 e. The molecule has 4 nitrogen and oxygen atoms in total. The van der Waals surface area contributed by atoms with Gasteiger partial charge in [0.2, 0.25) is 5.91 Å².